The number of aryl methyl sites for hydroxylation is 1. The summed E-state index contributed by atoms with van der Waals surface area (Å²) >= 11 is 3.44. The molecule has 2 N–H and O–H groups in total. The molecular formula is C23H25BrN2O4. The number of hydrogen-bond donors (Lipinski definition) is 2. The van der Waals surface area contributed by atoms with Gasteiger partial charge < -0.3 is 19.8 Å². The van der Waals surface area contributed by atoms with Crippen molar-refractivity contribution in [2.45, 2.75) is 13.5 Å². The van der Waals surface area contributed by atoms with Crippen molar-refractivity contribution in [3.05, 3.63) is 62.8 Å². The van der Waals surface area contributed by atoms with Gasteiger partial charge in [-0.3, -0.25) is 9.69 Å². The second-order valence-corrected chi connectivity index (χ2v) is 8.78. The molecule has 1 saturated heterocycles. The number of ketones is 1. The number of fused-ring (bicyclic) bond motifs is 1. The van der Waals surface area contributed by atoms with Crippen LogP contribution in [0.2, 0.25) is 0 Å². The number of piperazine rings is 1. The van der Waals surface area contributed by atoms with E-state index in [1.807, 2.05) is 24.3 Å². The summed E-state index contributed by atoms with van der Waals surface area (Å²) in [5.41, 5.74) is 2.59. The van der Waals surface area contributed by atoms with Crippen LogP contribution in [0.3, 0.4) is 0 Å². The molecule has 1 fully saturated rings. The number of halogens is 1. The molecule has 7 heteroatoms. The van der Waals surface area contributed by atoms with Gasteiger partial charge in [0, 0.05) is 29.7 Å². The number of nitrogens with zero attached hydrogens (tertiary/aromatic N) is 1. The molecule has 2 aliphatic heterocycles. The van der Waals surface area contributed by atoms with Crippen LogP contribution in [0.15, 0.2) is 40.6 Å². The number of β-amino-alcohol motifs (C(OH)–C–C–N with tert-alkyl or cyclic N) is 1. The number of carbonyl (C=O) groups is 1. The summed E-state index contributed by atoms with van der Waals surface area (Å²) in [6, 6.07) is 9.19. The first-order chi connectivity index (χ1) is 14.5. The molecule has 158 valence electrons. The van der Waals surface area contributed by atoms with Crippen LogP contribution in [-0.2, 0) is 6.54 Å². The Labute approximate surface area is 184 Å². The first-order valence-corrected chi connectivity index (χ1v) is 11.0. The van der Waals surface area contributed by atoms with Gasteiger partial charge in [0.25, 0.3) is 0 Å². The predicted octanol–water partition coefficient (Wildman–Crippen LogP) is 1.14. The molecule has 6 nitrogen and oxygen atoms in total. The minimum absolute atomic E-state index is 0.0759. The molecule has 0 spiro atoms. The summed E-state index contributed by atoms with van der Waals surface area (Å²) in [6.45, 7) is 6.70. The fourth-order valence-corrected chi connectivity index (χ4v) is 4.56. The number of benzene rings is 2. The van der Waals surface area contributed by atoms with Crippen LogP contribution in [0.4, 0.5) is 0 Å². The van der Waals surface area contributed by atoms with E-state index < -0.39 is 0 Å². The van der Waals surface area contributed by atoms with Gasteiger partial charge in [-0.25, -0.2) is 0 Å². The molecule has 4 rings (SSSR count). The molecule has 0 radical (unpaired) electrons. The van der Waals surface area contributed by atoms with Crippen molar-refractivity contribution in [2.24, 2.45) is 0 Å². The number of hydrogen-bond acceptors (Lipinski definition) is 5. The van der Waals surface area contributed by atoms with Crippen molar-refractivity contribution < 1.29 is 24.6 Å². The van der Waals surface area contributed by atoms with Crippen LogP contribution in [-0.4, -0.2) is 55.1 Å². The maximum absolute atomic E-state index is 13.0. The van der Waals surface area contributed by atoms with E-state index in [0.29, 0.717) is 35.5 Å². The van der Waals surface area contributed by atoms with Crippen LogP contribution in [0.25, 0.3) is 6.08 Å². The van der Waals surface area contributed by atoms with Gasteiger partial charge in [0.05, 0.1) is 25.3 Å². The Bertz CT molecular complexity index is 997. The number of carbonyl (C=O) groups excluding carboxylic acids is 1. The molecule has 0 saturated carbocycles. The summed E-state index contributed by atoms with van der Waals surface area (Å²) < 4.78 is 6.92. The molecule has 2 heterocycles. The lowest BCUT2D eigenvalue weighted by Gasteiger charge is -2.32. The average Bonchev–Trinajstić information content (AvgIpc) is 3.03. The van der Waals surface area contributed by atoms with E-state index in [4.69, 9.17) is 9.84 Å². The van der Waals surface area contributed by atoms with Crippen molar-refractivity contribution in [3.63, 3.8) is 0 Å². The first-order valence-electron chi connectivity index (χ1n) is 10.2. The molecule has 2 aromatic rings. The highest BCUT2D eigenvalue weighted by molar-refractivity contribution is 9.10. The molecule has 0 atom stereocenters. The van der Waals surface area contributed by atoms with E-state index in [2.05, 4.69) is 20.8 Å². The largest absolute Gasteiger partial charge is 0.872 e. The molecule has 0 unspecified atom stereocenters. The zero-order valence-corrected chi connectivity index (χ0v) is 18.5. The number of nitrogens with one attached hydrogen (secondary N) is 1. The molecule has 2 aliphatic rings. The fourth-order valence-electron chi connectivity index (χ4n) is 4.14. The Morgan fingerprint density at radius 2 is 2.07 bits per heavy atom. The SMILES string of the molecule is Cc1cc([O-])c(C[NH+]2CCN(CCO)CC2)c2c1C(=O)C(=Cc1cccc(Br)c1)O2. The zero-order valence-electron chi connectivity index (χ0n) is 16.9. The summed E-state index contributed by atoms with van der Waals surface area (Å²) in [5, 5.41) is 21.9. The van der Waals surface area contributed by atoms with E-state index in [-0.39, 0.29) is 23.9 Å². The van der Waals surface area contributed by atoms with Gasteiger partial charge in [0.1, 0.15) is 12.3 Å². The van der Waals surface area contributed by atoms with Gasteiger partial charge in [-0.2, -0.15) is 0 Å². The average molecular weight is 473 g/mol. The summed E-state index contributed by atoms with van der Waals surface area (Å²) in [7, 11) is 0. The van der Waals surface area contributed by atoms with Gasteiger partial charge in [-0.05, 0) is 36.3 Å². The lowest BCUT2D eigenvalue weighted by molar-refractivity contribution is -0.918. The summed E-state index contributed by atoms with van der Waals surface area (Å²) in [4.78, 5) is 16.5. The van der Waals surface area contributed by atoms with Crippen molar-refractivity contribution in [3.8, 4) is 11.5 Å². The minimum atomic E-state index is -0.175. The van der Waals surface area contributed by atoms with E-state index in [9.17, 15) is 9.90 Å². The van der Waals surface area contributed by atoms with Gasteiger partial charge in [-0.1, -0.05) is 39.9 Å². The van der Waals surface area contributed by atoms with E-state index >= 15 is 0 Å². The number of aliphatic hydroxyl groups excluding tert-OH is 1. The molecule has 0 aromatic heterocycles. The number of aliphatic hydroxyl groups is 1. The third-order valence-electron chi connectivity index (χ3n) is 5.76. The lowest BCUT2D eigenvalue weighted by Crippen LogP contribution is -3.13. The number of Topliss-reactive ketones (excluding diaryl/α,β-unsaturated/α-hetero) is 1. The number of ether oxygens (including phenoxy) is 1. The Balaban J connectivity index is 1.60. The normalized spacial score (nSPS) is 18.6. The molecule has 0 aliphatic carbocycles. The lowest BCUT2D eigenvalue weighted by atomic mass is 9.99. The number of quaternary nitrogens is 1. The van der Waals surface area contributed by atoms with Gasteiger partial charge >= 0.3 is 0 Å². The standard InChI is InChI=1S/C23H25BrN2O4/c1-15-11-19(28)18(14-26-7-5-25(6-8-26)9-10-27)23-21(15)22(29)20(30-23)13-16-3-2-4-17(24)12-16/h2-4,11-13,27-28H,5-10,14H2,1H3. The zero-order chi connectivity index (χ0) is 21.3. The minimum Gasteiger partial charge on any atom is -0.872 e. The second-order valence-electron chi connectivity index (χ2n) is 7.86. The molecule has 0 bridgehead atoms. The third kappa shape index (κ3) is 4.30. The van der Waals surface area contributed by atoms with Gasteiger partial charge in [0.15, 0.2) is 5.76 Å². The van der Waals surface area contributed by atoms with Crippen LogP contribution >= 0.6 is 15.9 Å². The van der Waals surface area contributed by atoms with Crippen LogP contribution in [0.5, 0.6) is 11.5 Å². The summed E-state index contributed by atoms with van der Waals surface area (Å²) in [5.74, 6) is 0.428. The van der Waals surface area contributed by atoms with Gasteiger partial charge in [-0.15, -0.1) is 0 Å². The summed E-state index contributed by atoms with van der Waals surface area (Å²) in [6.07, 6.45) is 1.72. The highest BCUT2D eigenvalue weighted by Gasteiger charge is 2.33. The van der Waals surface area contributed by atoms with Crippen LogP contribution < -0.4 is 14.7 Å². The van der Waals surface area contributed by atoms with Crippen molar-refractivity contribution in [1.29, 1.82) is 0 Å². The highest BCUT2D eigenvalue weighted by atomic mass is 79.9. The van der Waals surface area contributed by atoms with E-state index in [1.165, 1.54) is 4.90 Å². The quantitative estimate of drug-likeness (QED) is 0.638. The van der Waals surface area contributed by atoms with Crippen LogP contribution in [0, 0.1) is 6.92 Å². The Morgan fingerprint density at radius 1 is 1.30 bits per heavy atom. The first kappa shape index (κ1) is 21.1. The van der Waals surface area contributed by atoms with Crippen LogP contribution in [0.1, 0.15) is 27.0 Å². The molecule has 30 heavy (non-hydrogen) atoms. The number of rotatable bonds is 5. The van der Waals surface area contributed by atoms with Crippen molar-refractivity contribution in [1.82, 2.24) is 4.90 Å². The Hall–Kier alpha value is -2.19. The monoisotopic (exact) mass is 472 g/mol. The molecule has 0 amide bonds. The van der Waals surface area contributed by atoms with Gasteiger partial charge in [0.2, 0.25) is 5.78 Å². The predicted molar refractivity (Wildman–Crippen MR) is 116 cm³/mol. The number of allylic oxidation sites excluding steroid dienone is 1. The molecule has 2 aromatic carbocycles. The van der Waals surface area contributed by atoms with E-state index in [0.717, 1.165) is 36.2 Å². The second kappa shape index (κ2) is 8.89. The maximum atomic E-state index is 13.0. The topological polar surface area (TPSA) is 77.3 Å². The third-order valence-corrected chi connectivity index (χ3v) is 6.25. The smallest absolute Gasteiger partial charge is 0.232 e. The van der Waals surface area contributed by atoms with E-state index in [1.54, 1.807) is 19.1 Å². The van der Waals surface area contributed by atoms with Crippen molar-refractivity contribution in [2.75, 3.05) is 39.3 Å². The Morgan fingerprint density at radius 3 is 2.77 bits per heavy atom. The van der Waals surface area contributed by atoms with Crippen molar-refractivity contribution >= 4 is 27.8 Å². The maximum Gasteiger partial charge on any atom is 0.232 e. The Kier molecular flexibility index (Phi) is 6.24. The highest BCUT2D eigenvalue weighted by Crippen LogP contribution is 2.40. The fraction of sp³-hybridized carbons (Fsp3) is 0.348. The molecular weight excluding hydrogens is 448 g/mol.